The number of alkyl halides is 3. The van der Waals surface area contributed by atoms with E-state index in [9.17, 15) is 13.2 Å². The molecule has 0 saturated heterocycles. The molecule has 2 aromatic carbocycles. The first-order valence-electron chi connectivity index (χ1n) is 11.7. The molecule has 0 amide bonds. The molecule has 1 aromatic heterocycles. The number of rotatable bonds is 6. The van der Waals surface area contributed by atoms with Crippen LogP contribution in [0.2, 0.25) is 0 Å². The number of ether oxygens (including phenoxy) is 4. The Kier molecular flexibility index (Phi) is 7.70. The maximum absolute atomic E-state index is 13.3. The van der Waals surface area contributed by atoms with Crippen molar-refractivity contribution >= 4 is 22.4 Å². The number of nitrogens with one attached hydrogen (secondary N) is 1. The summed E-state index contributed by atoms with van der Waals surface area (Å²) in [5, 5.41) is 3.85. The van der Waals surface area contributed by atoms with Crippen LogP contribution in [0.15, 0.2) is 30.3 Å². The number of nitrogen functional groups attached to an aromatic ring is 1. The van der Waals surface area contributed by atoms with E-state index >= 15 is 0 Å². The highest BCUT2D eigenvalue weighted by Gasteiger charge is 2.31. The molecule has 0 spiro atoms. The van der Waals surface area contributed by atoms with Crippen molar-refractivity contribution in [3.63, 3.8) is 0 Å². The van der Waals surface area contributed by atoms with Crippen molar-refractivity contribution in [2.75, 3.05) is 44.1 Å². The van der Waals surface area contributed by atoms with E-state index in [1.165, 1.54) is 6.07 Å². The SMILES string of the molecule is CCOC[C@H]1COCCOc2cc3nc(C)nc(NC(C)c4cc(N)cc(C(F)(F)F)c4)c3cc2O1. The maximum atomic E-state index is 13.3. The minimum atomic E-state index is -4.50. The first kappa shape index (κ1) is 25.8. The second kappa shape index (κ2) is 10.8. The lowest BCUT2D eigenvalue weighted by Crippen LogP contribution is -2.28. The van der Waals surface area contributed by atoms with E-state index in [1.54, 1.807) is 26.0 Å². The lowest BCUT2D eigenvalue weighted by molar-refractivity contribution is -0.137. The van der Waals surface area contributed by atoms with Gasteiger partial charge in [-0.2, -0.15) is 13.2 Å². The van der Waals surface area contributed by atoms with E-state index in [1.807, 2.05) is 6.92 Å². The summed E-state index contributed by atoms with van der Waals surface area (Å²) < 4.78 is 63.1. The fourth-order valence-corrected chi connectivity index (χ4v) is 3.92. The summed E-state index contributed by atoms with van der Waals surface area (Å²) in [4.78, 5) is 9.04. The van der Waals surface area contributed by atoms with Gasteiger partial charge in [0.05, 0.1) is 36.9 Å². The molecule has 8 nitrogen and oxygen atoms in total. The Labute approximate surface area is 206 Å². The molecule has 1 aliphatic heterocycles. The summed E-state index contributed by atoms with van der Waals surface area (Å²) in [7, 11) is 0. The zero-order valence-electron chi connectivity index (χ0n) is 20.3. The van der Waals surface area contributed by atoms with Gasteiger partial charge >= 0.3 is 6.18 Å². The third-order valence-corrected chi connectivity index (χ3v) is 5.62. The zero-order valence-corrected chi connectivity index (χ0v) is 20.3. The highest BCUT2D eigenvalue weighted by atomic mass is 19.4. The van der Waals surface area contributed by atoms with Gasteiger partial charge in [-0.1, -0.05) is 0 Å². The van der Waals surface area contributed by atoms with Crippen LogP contribution in [0.3, 0.4) is 0 Å². The number of fused-ring (bicyclic) bond motifs is 2. The number of halogens is 3. The number of hydrogen-bond donors (Lipinski definition) is 2. The monoisotopic (exact) mass is 506 g/mol. The number of aromatic nitrogens is 2. The summed E-state index contributed by atoms with van der Waals surface area (Å²) >= 11 is 0. The molecule has 0 radical (unpaired) electrons. The van der Waals surface area contributed by atoms with Gasteiger partial charge in [0.25, 0.3) is 0 Å². The van der Waals surface area contributed by atoms with Crippen molar-refractivity contribution in [2.24, 2.45) is 0 Å². The Morgan fingerprint density at radius 3 is 2.69 bits per heavy atom. The van der Waals surface area contributed by atoms with Gasteiger partial charge in [0.2, 0.25) is 0 Å². The summed E-state index contributed by atoms with van der Waals surface area (Å²) in [5.41, 5.74) is 5.97. The van der Waals surface area contributed by atoms with Crippen molar-refractivity contribution in [3.05, 3.63) is 47.3 Å². The van der Waals surface area contributed by atoms with Crippen molar-refractivity contribution < 1.29 is 32.1 Å². The molecule has 0 fully saturated rings. The highest BCUT2D eigenvalue weighted by molar-refractivity contribution is 5.92. The van der Waals surface area contributed by atoms with Gasteiger partial charge < -0.3 is 30.0 Å². The van der Waals surface area contributed by atoms with Gasteiger partial charge in [-0.25, -0.2) is 9.97 Å². The minimum Gasteiger partial charge on any atom is -0.487 e. The van der Waals surface area contributed by atoms with E-state index in [2.05, 4.69) is 15.3 Å². The molecule has 2 atom stereocenters. The fraction of sp³-hybridized carbons (Fsp3) is 0.440. The largest absolute Gasteiger partial charge is 0.487 e. The van der Waals surface area contributed by atoms with E-state index in [4.69, 9.17) is 24.7 Å². The lowest BCUT2D eigenvalue weighted by atomic mass is 10.0. The van der Waals surface area contributed by atoms with E-state index < -0.39 is 17.8 Å². The van der Waals surface area contributed by atoms with Crippen LogP contribution in [0, 0.1) is 6.92 Å². The first-order chi connectivity index (χ1) is 17.1. The summed E-state index contributed by atoms with van der Waals surface area (Å²) in [6, 6.07) is 6.51. The van der Waals surface area contributed by atoms with Gasteiger partial charge in [-0.15, -0.1) is 0 Å². The number of nitrogens with two attached hydrogens (primary N) is 1. The standard InChI is InChI=1S/C25H29F3N4O4/c1-4-33-12-19-13-34-5-6-35-22-11-21-20(10-23(22)36-19)24(32-15(3)31-21)30-14(2)16-7-17(25(26,27)28)9-18(29)8-16/h7-11,14,19H,4-6,12-13,29H2,1-3H3,(H,30,31,32)/t14?,19-/m0/s1. The van der Waals surface area contributed by atoms with Crippen molar-refractivity contribution in [3.8, 4) is 11.5 Å². The van der Waals surface area contributed by atoms with Crippen LogP contribution in [0.4, 0.5) is 24.7 Å². The van der Waals surface area contributed by atoms with Gasteiger partial charge in [0.1, 0.15) is 24.4 Å². The molecule has 36 heavy (non-hydrogen) atoms. The second-order valence-electron chi connectivity index (χ2n) is 8.51. The molecule has 0 bridgehead atoms. The molecular weight excluding hydrogens is 477 g/mol. The Bertz CT molecular complexity index is 1220. The average Bonchev–Trinajstić information content (AvgIpc) is 2.90. The van der Waals surface area contributed by atoms with Gasteiger partial charge in [-0.05, 0) is 50.6 Å². The van der Waals surface area contributed by atoms with E-state index in [0.717, 1.165) is 12.1 Å². The van der Waals surface area contributed by atoms with Gasteiger partial charge in [0.15, 0.2) is 11.5 Å². The number of hydrogen-bond acceptors (Lipinski definition) is 8. The Morgan fingerprint density at radius 1 is 1.14 bits per heavy atom. The van der Waals surface area contributed by atoms with E-state index in [0.29, 0.717) is 72.6 Å². The van der Waals surface area contributed by atoms with E-state index in [-0.39, 0.29) is 11.8 Å². The molecule has 3 N–H and O–H groups in total. The van der Waals surface area contributed by atoms with Crippen LogP contribution in [-0.4, -0.2) is 49.1 Å². The molecule has 4 rings (SSSR count). The third kappa shape index (κ3) is 6.08. The highest BCUT2D eigenvalue weighted by Crippen LogP contribution is 2.37. The average molecular weight is 507 g/mol. The normalized spacial score (nSPS) is 17.2. The molecule has 1 aliphatic rings. The van der Waals surface area contributed by atoms with Crippen LogP contribution in [0.1, 0.15) is 36.8 Å². The smallest absolute Gasteiger partial charge is 0.416 e. The predicted octanol–water partition coefficient (Wildman–Crippen LogP) is 4.91. The Morgan fingerprint density at radius 2 is 1.94 bits per heavy atom. The first-order valence-corrected chi connectivity index (χ1v) is 11.7. The fourth-order valence-electron chi connectivity index (χ4n) is 3.92. The maximum Gasteiger partial charge on any atom is 0.416 e. The van der Waals surface area contributed by atoms with Crippen LogP contribution in [0.5, 0.6) is 11.5 Å². The Hall–Kier alpha value is -3.31. The summed E-state index contributed by atoms with van der Waals surface area (Å²) in [5.74, 6) is 1.92. The molecule has 0 aliphatic carbocycles. The summed E-state index contributed by atoms with van der Waals surface area (Å²) in [6.45, 7) is 7.34. The Balaban J connectivity index is 1.71. The van der Waals surface area contributed by atoms with Gasteiger partial charge in [-0.3, -0.25) is 0 Å². The number of benzene rings is 2. The number of aryl methyl sites for hydroxylation is 1. The lowest BCUT2D eigenvalue weighted by Gasteiger charge is -2.21. The van der Waals surface area contributed by atoms with Crippen LogP contribution >= 0.6 is 0 Å². The molecule has 11 heteroatoms. The molecule has 1 unspecified atom stereocenters. The number of nitrogens with zero attached hydrogens (tertiary/aromatic N) is 2. The number of anilines is 2. The molecule has 0 saturated carbocycles. The molecule has 2 heterocycles. The van der Waals surface area contributed by atoms with Crippen LogP contribution in [-0.2, 0) is 15.7 Å². The topological polar surface area (TPSA) is 101 Å². The van der Waals surface area contributed by atoms with Crippen LogP contribution < -0.4 is 20.5 Å². The summed E-state index contributed by atoms with van der Waals surface area (Å²) in [6.07, 6.45) is -4.85. The molecular formula is C25H29F3N4O4. The van der Waals surface area contributed by atoms with Crippen molar-refractivity contribution in [1.82, 2.24) is 9.97 Å². The predicted molar refractivity (Wildman–Crippen MR) is 129 cm³/mol. The van der Waals surface area contributed by atoms with Crippen molar-refractivity contribution in [2.45, 2.75) is 39.1 Å². The van der Waals surface area contributed by atoms with Gasteiger partial charge in [0, 0.05) is 23.7 Å². The third-order valence-electron chi connectivity index (χ3n) is 5.62. The molecule has 3 aromatic rings. The van der Waals surface area contributed by atoms with Crippen molar-refractivity contribution in [1.29, 1.82) is 0 Å². The zero-order chi connectivity index (χ0) is 25.9. The molecule has 194 valence electrons. The quantitative estimate of drug-likeness (QED) is 0.455. The minimum absolute atomic E-state index is 0.0303. The van der Waals surface area contributed by atoms with Crippen LogP contribution in [0.25, 0.3) is 10.9 Å². The second-order valence-corrected chi connectivity index (χ2v) is 8.51.